The van der Waals surface area contributed by atoms with E-state index in [-0.39, 0.29) is 37.0 Å². The lowest BCUT2D eigenvalue weighted by Gasteiger charge is -2.24. The molecule has 0 aliphatic carbocycles. The first kappa shape index (κ1) is 24.3. The fraction of sp³-hybridized carbons (Fsp3) is 0.375. The Labute approximate surface area is 190 Å². The molecule has 3 amide bonds. The molecule has 3 rings (SSSR count). The van der Waals surface area contributed by atoms with Gasteiger partial charge in [-0.3, -0.25) is 14.4 Å². The van der Waals surface area contributed by atoms with Gasteiger partial charge in [-0.1, -0.05) is 31.2 Å². The summed E-state index contributed by atoms with van der Waals surface area (Å²) in [5.74, 6) is -1.92. The molecule has 33 heavy (non-hydrogen) atoms. The van der Waals surface area contributed by atoms with E-state index in [4.69, 9.17) is 0 Å². The van der Waals surface area contributed by atoms with Gasteiger partial charge >= 0.3 is 6.18 Å². The largest absolute Gasteiger partial charge is 0.418 e. The Bertz CT molecular complexity index is 1020. The molecule has 1 heterocycles. The molecule has 2 aromatic rings. The summed E-state index contributed by atoms with van der Waals surface area (Å²) in [6, 6.07) is 12.2. The van der Waals surface area contributed by atoms with Crippen LogP contribution >= 0.6 is 0 Å². The van der Waals surface area contributed by atoms with E-state index in [0.29, 0.717) is 5.69 Å². The highest BCUT2D eigenvalue weighted by Gasteiger charge is 2.38. The second-order valence-corrected chi connectivity index (χ2v) is 7.87. The topological polar surface area (TPSA) is 69.7 Å². The standard InChI is InChI=1S/C24H26F3N3O3/c1-3-16-9-11-18(12-10-16)30-14-17(13-22(30)32)23(33)29(4-2)15-21(31)28-20-8-6-5-7-19(20)24(25,26)27/h5-12,17H,3-4,13-15H2,1-2H3,(H,28,31). The van der Waals surface area contributed by atoms with Crippen molar-refractivity contribution in [3.63, 3.8) is 0 Å². The maximum Gasteiger partial charge on any atom is 0.418 e. The van der Waals surface area contributed by atoms with Crippen LogP contribution in [-0.2, 0) is 27.0 Å². The van der Waals surface area contributed by atoms with Crippen LogP contribution < -0.4 is 10.2 Å². The quantitative estimate of drug-likeness (QED) is 0.675. The van der Waals surface area contributed by atoms with Gasteiger partial charge in [0.2, 0.25) is 17.7 Å². The van der Waals surface area contributed by atoms with Gasteiger partial charge in [0, 0.05) is 25.2 Å². The van der Waals surface area contributed by atoms with Gasteiger partial charge in [0.25, 0.3) is 0 Å². The van der Waals surface area contributed by atoms with Crippen LogP contribution in [0.5, 0.6) is 0 Å². The number of amides is 3. The zero-order valence-electron chi connectivity index (χ0n) is 18.5. The molecule has 1 aliphatic heterocycles. The minimum Gasteiger partial charge on any atom is -0.333 e. The van der Waals surface area contributed by atoms with Gasteiger partial charge in [-0.25, -0.2) is 0 Å². The highest BCUT2D eigenvalue weighted by Crippen LogP contribution is 2.34. The summed E-state index contributed by atoms with van der Waals surface area (Å²) in [6.45, 7) is 3.67. The van der Waals surface area contributed by atoms with Crippen molar-refractivity contribution in [1.29, 1.82) is 0 Å². The third-order valence-corrected chi connectivity index (χ3v) is 5.66. The molecule has 1 N–H and O–H groups in total. The molecule has 2 aromatic carbocycles. The summed E-state index contributed by atoms with van der Waals surface area (Å²) in [5, 5.41) is 2.25. The van der Waals surface area contributed by atoms with Gasteiger partial charge in [0.1, 0.15) is 0 Å². The highest BCUT2D eigenvalue weighted by atomic mass is 19.4. The molecule has 0 radical (unpaired) electrons. The Morgan fingerprint density at radius 1 is 1.09 bits per heavy atom. The molecule has 0 bridgehead atoms. The van der Waals surface area contributed by atoms with Crippen LogP contribution in [-0.4, -0.2) is 42.3 Å². The molecule has 1 aliphatic rings. The van der Waals surface area contributed by atoms with Crippen molar-refractivity contribution < 1.29 is 27.6 Å². The molecule has 1 fully saturated rings. The smallest absolute Gasteiger partial charge is 0.333 e. The van der Waals surface area contributed by atoms with Crippen LogP contribution in [0, 0.1) is 5.92 Å². The summed E-state index contributed by atoms with van der Waals surface area (Å²) < 4.78 is 39.5. The van der Waals surface area contributed by atoms with Crippen molar-refractivity contribution in [3.8, 4) is 0 Å². The van der Waals surface area contributed by atoms with E-state index in [9.17, 15) is 27.6 Å². The van der Waals surface area contributed by atoms with Crippen LogP contribution in [0.1, 0.15) is 31.4 Å². The number of nitrogens with one attached hydrogen (secondary N) is 1. The summed E-state index contributed by atoms with van der Waals surface area (Å²) in [5.41, 5.74) is 0.514. The van der Waals surface area contributed by atoms with Gasteiger partial charge in [-0.05, 0) is 43.2 Å². The number of halogens is 3. The Kier molecular flexibility index (Phi) is 7.40. The summed E-state index contributed by atoms with van der Waals surface area (Å²) in [4.78, 5) is 40.8. The predicted molar refractivity (Wildman–Crippen MR) is 119 cm³/mol. The average Bonchev–Trinajstić information content (AvgIpc) is 3.18. The number of alkyl halides is 3. The number of hydrogen-bond acceptors (Lipinski definition) is 3. The lowest BCUT2D eigenvalue weighted by Crippen LogP contribution is -2.42. The maximum atomic E-state index is 13.2. The number of rotatable bonds is 7. The first-order valence-electron chi connectivity index (χ1n) is 10.8. The minimum atomic E-state index is -4.62. The molecule has 1 atom stereocenters. The molecular weight excluding hydrogens is 435 g/mol. The monoisotopic (exact) mass is 461 g/mol. The van der Waals surface area contributed by atoms with Gasteiger partial charge < -0.3 is 15.1 Å². The molecule has 0 aromatic heterocycles. The number of para-hydroxylation sites is 1. The van der Waals surface area contributed by atoms with Crippen LogP contribution in [0.4, 0.5) is 24.5 Å². The van der Waals surface area contributed by atoms with Crippen LogP contribution in [0.3, 0.4) is 0 Å². The Morgan fingerprint density at radius 3 is 2.36 bits per heavy atom. The van der Waals surface area contributed by atoms with E-state index < -0.39 is 30.1 Å². The van der Waals surface area contributed by atoms with Gasteiger partial charge in [-0.15, -0.1) is 0 Å². The van der Waals surface area contributed by atoms with E-state index in [2.05, 4.69) is 5.32 Å². The second-order valence-electron chi connectivity index (χ2n) is 7.87. The third-order valence-electron chi connectivity index (χ3n) is 5.66. The fourth-order valence-electron chi connectivity index (χ4n) is 3.84. The van der Waals surface area contributed by atoms with Crippen LogP contribution in [0.2, 0.25) is 0 Å². The molecule has 176 valence electrons. The molecule has 0 saturated carbocycles. The first-order valence-corrected chi connectivity index (χ1v) is 10.8. The van der Waals surface area contributed by atoms with Crippen molar-refractivity contribution in [1.82, 2.24) is 4.90 Å². The second kappa shape index (κ2) is 10.1. The number of hydrogen-bond donors (Lipinski definition) is 1. The third kappa shape index (κ3) is 5.71. The van der Waals surface area contributed by atoms with Crippen molar-refractivity contribution in [2.75, 3.05) is 29.9 Å². The molecule has 0 spiro atoms. The van der Waals surface area contributed by atoms with Gasteiger partial charge in [-0.2, -0.15) is 13.2 Å². The van der Waals surface area contributed by atoms with Crippen LogP contribution in [0.25, 0.3) is 0 Å². The van der Waals surface area contributed by atoms with Crippen molar-refractivity contribution in [2.24, 2.45) is 5.92 Å². The Balaban J connectivity index is 1.65. The Hall–Kier alpha value is -3.36. The number of aryl methyl sites for hydroxylation is 1. The molecule has 1 unspecified atom stereocenters. The number of benzene rings is 2. The van der Waals surface area contributed by atoms with E-state index in [1.54, 1.807) is 11.8 Å². The summed E-state index contributed by atoms with van der Waals surface area (Å²) >= 11 is 0. The first-order chi connectivity index (χ1) is 15.6. The molecule has 6 nitrogen and oxygen atoms in total. The van der Waals surface area contributed by atoms with Crippen molar-refractivity contribution in [2.45, 2.75) is 32.9 Å². The normalized spacial score (nSPS) is 16.1. The molecular formula is C24H26F3N3O3. The SMILES string of the molecule is CCc1ccc(N2CC(C(=O)N(CC)CC(=O)Nc3ccccc3C(F)(F)F)CC2=O)cc1. The summed E-state index contributed by atoms with van der Waals surface area (Å²) in [6.07, 6.45) is -3.73. The zero-order chi connectivity index (χ0) is 24.2. The number of anilines is 2. The van der Waals surface area contributed by atoms with Crippen molar-refractivity contribution in [3.05, 3.63) is 59.7 Å². The minimum absolute atomic E-state index is 0.0173. The van der Waals surface area contributed by atoms with E-state index in [1.165, 1.54) is 17.0 Å². The number of nitrogens with zero attached hydrogens (tertiary/aromatic N) is 2. The average molecular weight is 461 g/mol. The van der Waals surface area contributed by atoms with Crippen molar-refractivity contribution >= 4 is 29.1 Å². The lowest BCUT2D eigenvalue weighted by atomic mass is 10.1. The molecule has 9 heteroatoms. The number of carbonyl (C=O) groups excluding carboxylic acids is 3. The van der Waals surface area contributed by atoms with E-state index >= 15 is 0 Å². The van der Waals surface area contributed by atoms with Gasteiger partial charge in [0.15, 0.2) is 0 Å². The number of carbonyl (C=O) groups is 3. The van der Waals surface area contributed by atoms with Gasteiger partial charge in [0.05, 0.1) is 23.7 Å². The van der Waals surface area contributed by atoms with Crippen LogP contribution in [0.15, 0.2) is 48.5 Å². The number of likely N-dealkylation sites (N-methyl/N-ethyl adjacent to an activating group) is 1. The zero-order valence-corrected chi connectivity index (χ0v) is 18.5. The highest BCUT2D eigenvalue weighted by molar-refractivity contribution is 6.01. The fourth-order valence-corrected chi connectivity index (χ4v) is 3.84. The predicted octanol–water partition coefficient (Wildman–Crippen LogP) is 4.11. The summed E-state index contributed by atoms with van der Waals surface area (Å²) in [7, 11) is 0. The maximum absolute atomic E-state index is 13.2. The van der Waals surface area contributed by atoms with E-state index in [0.717, 1.165) is 24.1 Å². The Morgan fingerprint density at radius 2 is 1.76 bits per heavy atom. The lowest BCUT2D eigenvalue weighted by molar-refractivity contribution is -0.138. The molecule has 1 saturated heterocycles. The van der Waals surface area contributed by atoms with E-state index in [1.807, 2.05) is 31.2 Å².